The Labute approximate surface area is 94.9 Å². The van der Waals surface area contributed by atoms with Crippen LogP contribution in [0.2, 0.25) is 0 Å². The van der Waals surface area contributed by atoms with Crippen LogP contribution in [0, 0.1) is 0 Å². The molecule has 1 aromatic carbocycles. The molecule has 1 heterocycles. The van der Waals surface area contributed by atoms with Crippen LogP contribution in [0.4, 0.5) is 0 Å². The van der Waals surface area contributed by atoms with E-state index in [-0.39, 0.29) is 11.7 Å². The van der Waals surface area contributed by atoms with Gasteiger partial charge in [0, 0.05) is 26.2 Å². The van der Waals surface area contributed by atoms with Crippen molar-refractivity contribution in [2.45, 2.75) is 6.42 Å². The van der Waals surface area contributed by atoms with Gasteiger partial charge in [-0.25, -0.2) is 0 Å². The van der Waals surface area contributed by atoms with Gasteiger partial charge in [-0.1, -0.05) is 12.1 Å². The van der Waals surface area contributed by atoms with Gasteiger partial charge in [-0.05, 0) is 17.7 Å². The predicted octanol–water partition coefficient (Wildman–Crippen LogP) is 0.366. The maximum atomic E-state index is 11.9. The number of piperazine rings is 1. The van der Waals surface area contributed by atoms with Gasteiger partial charge in [0.05, 0.1) is 6.42 Å². The first-order valence-electron chi connectivity index (χ1n) is 5.52. The minimum atomic E-state index is 0.132. The van der Waals surface area contributed by atoms with Gasteiger partial charge in [-0.15, -0.1) is 0 Å². The molecule has 0 aromatic heterocycles. The molecule has 1 saturated heterocycles. The lowest BCUT2D eigenvalue weighted by molar-refractivity contribution is -0.131. The Hall–Kier alpha value is -1.55. The molecular formula is C12H16N2O2. The van der Waals surface area contributed by atoms with E-state index in [4.69, 9.17) is 0 Å². The molecule has 0 aliphatic carbocycles. The quantitative estimate of drug-likeness (QED) is 0.757. The van der Waals surface area contributed by atoms with Crippen LogP contribution in [-0.4, -0.2) is 42.1 Å². The average molecular weight is 220 g/mol. The van der Waals surface area contributed by atoms with E-state index in [1.807, 2.05) is 11.0 Å². The van der Waals surface area contributed by atoms with Gasteiger partial charge in [0.1, 0.15) is 5.75 Å². The second kappa shape index (κ2) is 4.99. The number of phenolic OH excluding ortho intramolecular Hbond substituents is 1. The van der Waals surface area contributed by atoms with E-state index < -0.39 is 0 Å². The number of nitrogens with one attached hydrogen (secondary N) is 1. The Morgan fingerprint density at radius 1 is 1.38 bits per heavy atom. The highest BCUT2D eigenvalue weighted by Crippen LogP contribution is 2.12. The first kappa shape index (κ1) is 11.0. The molecule has 1 aliphatic heterocycles. The molecule has 0 atom stereocenters. The lowest BCUT2D eigenvalue weighted by Crippen LogP contribution is -2.46. The maximum Gasteiger partial charge on any atom is 0.227 e. The molecule has 0 unspecified atom stereocenters. The van der Waals surface area contributed by atoms with Gasteiger partial charge in [-0.3, -0.25) is 4.79 Å². The van der Waals surface area contributed by atoms with Crippen LogP contribution in [0.3, 0.4) is 0 Å². The highest BCUT2D eigenvalue weighted by molar-refractivity contribution is 5.79. The van der Waals surface area contributed by atoms with Crippen molar-refractivity contribution in [1.82, 2.24) is 10.2 Å². The molecule has 1 fully saturated rings. The highest BCUT2D eigenvalue weighted by atomic mass is 16.3. The standard InChI is InChI=1S/C12H16N2O2/c15-11-3-1-2-10(8-11)9-12(16)14-6-4-13-5-7-14/h1-3,8,13,15H,4-7,9H2. The number of rotatable bonds is 2. The Morgan fingerprint density at radius 3 is 2.81 bits per heavy atom. The number of carbonyl (C=O) groups excluding carboxylic acids is 1. The summed E-state index contributed by atoms with van der Waals surface area (Å²) in [5, 5.41) is 12.5. The molecule has 0 bridgehead atoms. The van der Waals surface area contributed by atoms with Crippen molar-refractivity contribution in [3.8, 4) is 5.75 Å². The maximum absolute atomic E-state index is 11.9. The summed E-state index contributed by atoms with van der Waals surface area (Å²) in [5.41, 5.74) is 0.864. The first-order chi connectivity index (χ1) is 7.75. The third-order valence-corrected chi connectivity index (χ3v) is 2.74. The normalized spacial score (nSPS) is 16.1. The van der Waals surface area contributed by atoms with E-state index >= 15 is 0 Å². The monoisotopic (exact) mass is 220 g/mol. The third-order valence-electron chi connectivity index (χ3n) is 2.74. The average Bonchev–Trinajstić information content (AvgIpc) is 2.30. The van der Waals surface area contributed by atoms with Crippen molar-refractivity contribution >= 4 is 5.91 Å². The van der Waals surface area contributed by atoms with Gasteiger partial charge in [0.2, 0.25) is 5.91 Å². The summed E-state index contributed by atoms with van der Waals surface area (Å²) in [4.78, 5) is 13.8. The molecule has 0 radical (unpaired) electrons. The van der Waals surface area contributed by atoms with Crippen LogP contribution >= 0.6 is 0 Å². The largest absolute Gasteiger partial charge is 0.508 e. The number of hydrogen-bond donors (Lipinski definition) is 2. The number of benzene rings is 1. The van der Waals surface area contributed by atoms with Gasteiger partial charge in [0.15, 0.2) is 0 Å². The smallest absolute Gasteiger partial charge is 0.227 e. The molecule has 2 rings (SSSR count). The summed E-state index contributed by atoms with van der Waals surface area (Å²) in [6.07, 6.45) is 0.369. The SMILES string of the molecule is O=C(Cc1cccc(O)c1)N1CCNCC1. The zero-order valence-corrected chi connectivity index (χ0v) is 9.15. The number of aromatic hydroxyl groups is 1. The third kappa shape index (κ3) is 2.73. The van der Waals surface area contributed by atoms with Crippen LogP contribution in [-0.2, 0) is 11.2 Å². The molecule has 2 N–H and O–H groups in total. The molecule has 1 amide bonds. The first-order valence-corrected chi connectivity index (χ1v) is 5.52. The van der Waals surface area contributed by atoms with Crippen LogP contribution in [0.5, 0.6) is 5.75 Å². The zero-order chi connectivity index (χ0) is 11.4. The van der Waals surface area contributed by atoms with Crippen LogP contribution < -0.4 is 5.32 Å². The van der Waals surface area contributed by atoms with E-state index in [2.05, 4.69) is 5.32 Å². The fraction of sp³-hybridized carbons (Fsp3) is 0.417. The van der Waals surface area contributed by atoms with E-state index in [9.17, 15) is 9.90 Å². The van der Waals surface area contributed by atoms with E-state index in [0.29, 0.717) is 6.42 Å². The van der Waals surface area contributed by atoms with Crippen LogP contribution in [0.25, 0.3) is 0 Å². The van der Waals surface area contributed by atoms with Crippen molar-refractivity contribution in [3.05, 3.63) is 29.8 Å². The lowest BCUT2D eigenvalue weighted by Gasteiger charge is -2.27. The van der Waals surface area contributed by atoms with Gasteiger partial charge in [-0.2, -0.15) is 0 Å². The summed E-state index contributed by atoms with van der Waals surface area (Å²) < 4.78 is 0. The molecular weight excluding hydrogens is 204 g/mol. The molecule has 0 spiro atoms. The Kier molecular flexibility index (Phi) is 3.41. The molecule has 16 heavy (non-hydrogen) atoms. The van der Waals surface area contributed by atoms with Crippen molar-refractivity contribution in [2.24, 2.45) is 0 Å². The second-order valence-electron chi connectivity index (χ2n) is 3.98. The Morgan fingerprint density at radius 2 is 2.12 bits per heavy atom. The van der Waals surface area contributed by atoms with Crippen LogP contribution in [0.15, 0.2) is 24.3 Å². The molecule has 4 nitrogen and oxygen atoms in total. The number of nitrogens with zero attached hydrogens (tertiary/aromatic N) is 1. The van der Waals surface area contributed by atoms with E-state index in [1.54, 1.807) is 18.2 Å². The minimum Gasteiger partial charge on any atom is -0.508 e. The minimum absolute atomic E-state index is 0.132. The van der Waals surface area contributed by atoms with Gasteiger partial charge in [0.25, 0.3) is 0 Å². The second-order valence-corrected chi connectivity index (χ2v) is 3.98. The Balaban J connectivity index is 1.96. The highest BCUT2D eigenvalue weighted by Gasteiger charge is 2.16. The van der Waals surface area contributed by atoms with Crippen molar-refractivity contribution in [2.75, 3.05) is 26.2 Å². The van der Waals surface area contributed by atoms with E-state index in [0.717, 1.165) is 31.7 Å². The van der Waals surface area contributed by atoms with Crippen molar-refractivity contribution < 1.29 is 9.90 Å². The topological polar surface area (TPSA) is 52.6 Å². The summed E-state index contributed by atoms with van der Waals surface area (Å²) in [6, 6.07) is 6.87. The fourth-order valence-corrected chi connectivity index (χ4v) is 1.87. The fourth-order valence-electron chi connectivity index (χ4n) is 1.87. The van der Waals surface area contributed by atoms with Crippen molar-refractivity contribution in [1.29, 1.82) is 0 Å². The summed E-state index contributed by atoms with van der Waals surface area (Å²) >= 11 is 0. The number of amides is 1. The molecule has 1 aromatic rings. The van der Waals surface area contributed by atoms with Gasteiger partial charge >= 0.3 is 0 Å². The summed E-state index contributed by atoms with van der Waals surface area (Å²) in [7, 11) is 0. The van der Waals surface area contributed by atoms with Crippen LogP contribution in [0.1, 0.15) is 5.56 Å². The van der Waals surface area contributed by atoms with Crippen molar-refractivity contribution in [3.63, 3.8) is 0 Å². The van der Waals surface area contributed by atoms with Gasteiger partial charge < -0.3 is 15.3 Å². The summed E-state index contributed by atoms with van der Waals surface area (Å²) in [5.74, 6) is 0.345. The zero-order valence-electron chi connectivity index (χ0n) is 9.15. The molecule has 86 valence electrons. The lowest BCUT2D eigenvalue weighted by atomic mass is 10.1. The number of hydrogen-bond acceptors (Lipinski definition) is 3. The number of carbonyl (C=O) groups is 1. The molecule has 4 heteroatoms. The number of phenols is 1. The molecule has 1 aliphatic rings. The van der Waals surface area contributed by atoms with E-state index in [1.165, 1.54) is 0 Å². The molecule has 0 saturated carbocycles. The Bertz CT molecular complexity index is 373. The predicted molar refractivity (Wildman–Crippen MR) is 61.3 cm³/mol. The summed E-state index contributed by atoms with van der Waals surface area (Å²) in [6.45, 7) is 3.28.